The minimum Gasteiger partial charge on any atom is -0.481 e. The Morgan fingerprint density at radius 3 is 2.56 bits per heavy atom. The topological polar surface area (TPSA) is 72.6 Å². The molecule has 1 aromatic carbocycles. The molecular formula is C10H9F4NO3. The summed E-state index contributed by atoms with van der Waals surface area (Å²) in [5, 5.41) is 8.48. The molecule has 0 aromatic heterocycles. The van der Waals surface area contributed by atoms with Crippen molar-refractivity contribution in [2.45, 2.75) is 18.8 Å². The number of halogens is 4. The molecule has 3 N–H and O–H groups in total. The van der Waals surface area contributed by atoms with E-state index in [2.05, 4.69) is 4.74 Å². The van der Waals surface area contributed by atoms with Gasteiger partial charge in [-0.25, -0.2) is 4.39 Å². The van der Waals surface area contributed by atoms with Gasteiger partial charge in [0.15, 0.2) is 0 Å². The zero-order chi connectivity index (χ0) is 13.9. The number of hydrogen-bond donors (Lipinski definition) is 2. The van der Waals surface area contributed by atoms with Crippen molar-refractivity contribution >= 4 is 5.97 Å². The maximum atomic E-state index is 13.3. The van der Waals surface area contributed by atoms with Crippen LogP contribution in [0.25, 0.3) is 0 Å². The summed E-state index contributed by atoms with van der Waals surface area (Å²) in [6.45, 7) is 0. The van der Waals surface area contributed by atoms with Crippen LogP contribution in [0.1, 0.15) is 18.0 Å². The van der Waals surface area contributed by atoms with Crippen molar-refractivity contribution in [3.63, 3.8) is 0 Å². The first-order valence-electron chi connectivity index (χ1n) is 4.71. The number of aliphatic carboxylic acids is 1. The second kappa shape index (κ2) is 5.21. The second-order valence-corrected chi connectivity index (χ2v) is 3.44. The molecule has 0 saturated heterocycles. The summed E-state index contributed by atoms with van der Waals surface area (Å²) in [6.07, 6.45) is -5.52. The highest BCUT2D eigenvalue weighted by Gasteiger charge is 2.31. The smallest absolute Gasteiger partial charge is 0.481 e. The van der Waals surface area contributed by atoms with Gasteiger partial charge < -0.3 is 15.6 Å². The van der Waals surface area contributed by atoms with Gasteiger partial charge in [-0.2, -0.15) is 0 Å². The third-order valence-corrected chi connectivity index (χ3v) is 2.00. The Morgan fingerprint density at radius 1 is 1.44 bits per heavy atom. The summed E-state index contributed by atoms with van der Waals surface area (Å²) in [5.74, 6) is -2.83. The Morgan fingerprint density at radius 2 is 2.06 bits per heavy atom. The molecule has 0 heterocycles. The van der Waals surface area contributed by atoms with E-state index in [0.717, 1.165) is 18.2 Å². The van der Waals surface area contributed by atoms with Crippen LogP contribution in [0.5, 0.6) is 5.75 Å². The van der Waals surface area contributed by atoms with Gasteiger partial charge in [0.25, 0.3) is 0 Å². The fourth-order valence-corrected chi connectivity index (χ4v) is 1.30. The first-order chi connectivity index (χ1) is 8.19. The largest absolute Gasteiger partial charge is 0.573 e. The van der Waals surface area contributed by atoms with E-state index < -0.39 is 36.4 Å². The highest BCUT2D eigenvalue weighted by Crippen LogP contribution is 2.27. The summed E-state index contributed by atoms with van der Waals surface area (Å²) >= 11 is 0. The molecule has 8 heteroatoms. The van der Waals surface area contributed by atoms with Crippen LogP contribution in [0.2, 0.25) is 0 Å². The van der Waals surface area contributed by atoms with Crippen LogP contribution in [0.3, 0.4) is 0 Å². The zero-order valence-electron chi connectivity index (χ0n) is 8.87. The minimum atomic E-state index is -4.91. The highest BCUT2D eigenvalue weighted by atomic mass is 19.4. The summed E-state index contributed by atoms with van der Waals surface area (Å²) in [4.78, 5) is 10.4. The molecule has 0 bridgehead atoms. The fourth-order valence-electron chi connectivity index (χ4n) is 1.30. The number of rotatable bonds is 4. The Labute approximate surface area is 99.0 Å². The number of carbonyl (C=O) groups is 1. The summed E-state index contributed by atoms with van der Waals surface area (Å²) < 4.78 is 52.7. The molecule has 0 spiro atoms. The van der Waals surface area contributed by atoms with E-state index in [9.17, 15) is 22.4 Å². The molecule has 1 rings (SSSR count). The van der Waals surface area contributed by atoms with E-state index in [1.54, 1.807) is 0 Å². The molecule has 100 valence electrons. The van der Waals surface area contributed by atoms with Gasteiger partial charge in [-0.3, -0.25) is 4.79 Å². The van der Waals surface area contributed by atoms with Crippen molar-refractivity contribution in [3.8, 4) is 5.75 Å². The van der Waals surface area contributed by atoms with Crippen LogP contribution in [0.4, 0.5) is 17.6 Å². The molecule has 1 aromatic rings. The first kappa shape index (κ1) is 14.2. The molecule has 0 fully saturated rings. The third-order valence-electron chi connectivity index (χ3n) is 2.00. The Bertz CT molecular complexity index is 447. The lowest BCUT2D eigenvalue weighted by molar-refractivity contribution is -0.274. The van der Waals surface area contributed by atoms with E-state index in [-0.39, 0.29) is 5.56 Å². The van der Waals surface area contributed by atoms with Gasteiger partial charge in [0, 0.05) is 11.6 Å². The van der Waals surface area contributed by atoms with Crippen molar-refractivity contribution in [1.82, 2.24) is 0 Å². The number of carboxylic acids is 1. The van der Waals surface area contributed by atoms with E-state index in [0.29, 0.717) is 0 Å². The van der Waals surface area contributed by atoms with Gasteiger partial charge in [-0.05, 0) is 18.2 Å². The predicted molar refractivity (Wildman–Crippen MR) is 52.3 cm³/mol. The molecule has 0 aliphatic rings. The monoisotopic (exact) mass is 267 g/mol. The number of benzene rings is 1. The number of carboxylic acid groups (broad SMARTS) is 1. The number of nitrogens with two attached hydrogens (primary N) is 1. The number of hydrogen-bond acceptors (Lipinski definition) is 3. The zero-order valence-corrected chi connectivity index (χ0v) is 8.87. The van der Waals surface area contributed by atoms with E-state index >= 15 is 0 Å². The average molecular weight is 267 g/mol. The first-order valence-corrected chi connectivity index (χ1v) is 4.71. The molecular weight excluding hydrogens is 258 g/mol. The van der Waals surface area contributed by atoms with Gasteiger partial charge in [-0.15, -0.1) is 13.2 Å². The maximum absolute atomic E-state index is 13.3. The van der Waals surface area contributed by atoms with Gasteiger partial charge in [0.1, 0.15) is 11.6 Å². The van der Waals surface area contributed by atoms with Crippen LogP contribution in [-0.4, -0.2) is 17.4 Å². The average Bonchev–Trinajstić information content (AvgIpc) is 2.17. The molecule has 0 aliphatic carbocycles. The molecule has 18 heavy (non-hydrogen) atoms. The van der Waals surface area contributed by atoms with Crippen molar-refractivity contribution in [3.05, 3.63) is 29.6 Å². The van der Waals surface area contributed by atoms with E-state index in [1.807, 2.05) is 0 Å². The van der Waals surface area contributed by atoms with Crippen LogP contribution in [0, 0.1) is 5.82 Å². The molecule has 0 radical (unpaired) electrons. The van der Waals surface area contributed by atoms with Crippen LogP contribution >= 0.6 is 0 Å². The Hall–Kier alpha value is -1.83. The molecule has 0 aliphatic heterocycles. The van der Waals surface area contributed by atoms with Gasteiger partial charge in [0.05, 0.1) is 6.42 Å². The van der Waals surface area contributed by atoms with E-state index in [4.69, 9.17) is 10.8 Å². The lowest BCUT2D eigenvalue weighted by Crippen LogP contribution is -2.19. The molecule has 4 nitrogen and oxygen atoms in total. The van der Waals surface area contributed by atoms with Crippen LogP contribution in [-0.2, 0) is 4.79 Å². The number of ether oxygens (including phenoxy) is 1. The minimum absolute atomic E-state index is 0.348. The molecule has 1 atom stereocenters. The highest BCUT2D eigenvalue weighted by molar-refractivity contribution is 5.68. The second-order valence-electron chi connectivity index (χ2n) is 3.44. The lowest BCUT2D eigenvalue weighted by atomic mass is 10.0. The van der Waals surface area contributed by atoms with Crippen molar-refractivity contribution in [1.29, 1.82) is 0 Å². The maximum Gasteiger partial charge on any atom is 0.573 e. The van der Waals surface area contributed by atoms with Crippen molar-refractivity contribution in [2.24, 2.45) is 5.73 Å². The number of alkyl halides is 3. The van der Waals surface area contributed by atoms with Gasteiger partial charge in [0.2, 0.25) is 0 Å². The van der Waals surface area contributed by atoms with Gasteiger partial charge in [-0.1, -0.05) is 0 Å². The van der Waals surface area contributed by atoms with Gasteiger partial charge >= 0.3 is 12.3 Å². The SMILES string of the molecule is NC(CC(=O)O)c1cc(OC(F)(F)F)ccc1F. The van der Waals surface area contributed by atoms with Crippen LogP contribution in [0.15, 0.2) is 18.2 Å². The third kappa shape index (κ3) is 4.21. The standard InChI is InChI=1S/C10H9F4NO3/c11-7-2-1-5(18-10(12,13)14)3-6(7)8(15)4-9(16)17/h1-3,8H,4,15H2,(H,16,17). The molecule has 0 amide bonds. The van der Waals surface area contributed by atoms with Crippen LogP contribution < -0.4 is 10.5 Å². The molecule has 1 unspecified atom stereocenters. The summed E-state index contributed by atoms with van der Waals surface area (Å²) in [7, 11) is 0. The normalized spacial score (nSPS) is 13.2. The Balaban J connectivity index is 2.97. The predicted octanol–water partition coefficient (Wildman–Crippen LogP) is 2.20. The van der Waals surface area contributed by atoms with E-state index in [1.165, 1.54) is 0 Å². The Kier molecular flexibility index (Phi) is 4.12. The summed E-state index contributed by atoms with van der Waals surface area (Å²) in [6, 6.07) is 0.994. The van der Waals surface area contributed by atoms with Crippen molar-refractivity contribution in [2.75, 3.05) is 0 Å². The quantitative estimate of drug-likeness (QED) is 0.820. The summed E-state index contributed by atoms with van der Waals surface area (Å²) in [5.41, 5.74) is 5.02. The van der Waals surface area contributed by atoms with Crippen molar-refractivity contribution < 1.29 is 32.2 Å². The fraction of sp³-hybridized carbons (Fsp3) is 0.300. The lowest BCUT2D eigenvalue weighted by Gasteiger charge is -2.14. The molecule has 0 saturated carbocycles.